The molecule has 0 aliphatic rings. The van der Waals surface area contributed by atoms with Gasteiger partial charge >= 0.3 is 0 Å². The molecule has 0 atom stereocenters. The molecule has 0 radical (unpaired) electrons. The van der Waals surface area contributed by atoms with Gasteiger partial charge in [0.2, 0.25) is 0 Å². The molecule has 0 amide bonds. The maximum absolute atomic E-state index is 9.00. The minimum absolute atomic E-state index is 0.316. The van der Waals surface area contributed by atoms with E-state index in [9.17, 15) is 0 Å². The van der Waals surface area contributed by atoms with E-state index in [2.05, 4.69) is 31.4 Å². The van der Waals surface area contributed by atoms with E-state index >= 15 is 0 Å². The van der Waals surface area contributed by atoms with E-state index in [0.717, 1.165) is 30.0 Å². The highest BCUT2D eigenvalue weighted by Gasteiger charge is 2.17. The Hall–Kier alpha value is -2.28. The summed E-state index contributed by atoms with van der Waals surface area (Å²) in [7, 11) is 0. The summed E-state index contributed by atoms with van der Waals surface area (Å²) in [5.41, 5.74) is 8.57. The van der Waals surface area contributed by atoms with E-state index in [1.54, 1.807) is 6.07 Å². The van der Waals surface area contributed by atoms with Crippen molar-refractivity contribution < 1.29 is 0 Å². The van der Waals surface area contributed by atoms with Gasteiger partial charge in [0.1, 0.15) is 17.3 Å². The molecule has 0 bridgehead atoms. The molecule has 2 aromatic rings. The second-order valence-corrected chi connectivity index (χ2v) is 5.20. The van der Waals surface area contributed by atoms with Crippen molar-refractivity contribution in [1.29, 1.82) is 5.26 Å². The zero-order chi connectivity index (χ0) is 14.7. The number of anilines is 1. The molecule has 20 heavy (non-hydrogen) atoms. The van der Waals surface area contributed by atoms with Gasteiger partial charge < -0.3 is 10.3 Å². The standard InChI is InChI=1S/C16H20N4/c1-4-8-20-15(18)14(19-16(20)11(2)3)13-7-5-6-12(9-13)10-17/h5-7,9,11H,4,8,18H2,1-3H3. The van der Waals surface area contributed by atoms with Crippen molar-refractivity contribution in [3.8, 4) is 17.3 Å². The van der Waals surface area contributed by atoms with Crippen LogP contribution >= 0.6 is 0 Å². The highest BCUT2D eigenvalue weighted by atomic mass is 15.1. The quantitative estimate of drug-likeness (QED) is 0.922. The van der Waals surface area contributed by atoms with Gasteiger partial charge in [0.15, 0.2) is 0 Å². The third-order valence-electron chi connectivity index (χ3n) is 3.27. The predicted octanol–water partition coefficient (Wildman–Crippen LogP) is 3.54. The summed E-state index contributed by atoms with van der Waals surface area (Å²) in [6, 6.07) is 9.57. The largest absolute Gasteiger partial charge is 0.383 e. The number of nitrogen functional groups attached to an aromatic ring is 1. The SMILES string of the molecule is CCCn1c(C(C)C)nc(-c2cccc(C#N)c2)c1N. The van der Waals surface area contributed by atoms with Crippen LogP contribution in [0.3, 0.4) is 0 Å². The number of hydrogen-bond donors (Lipinski definition) is 1. The van der Waals surface area contributed by atoms with Gasteiger partial charge in [0.05, 0.1) is 11.6 Å². The molecule has 4 nitrogen and oxygen atoms in total. The maximum atomic E-state index is 9.00. The predicted molar refractivity (Wildman–Crippen MR) is 81.2 cm³/mol. The highest BCUT2D eigenvalue weighted by Crippen LogP contribution is 2.30. The number of benzene rings is 1. The molecule has 2 rings (SSSR count). The molecular formula is C16H20N4. The summed E-state index contributed by atoms with van der Waals surface area (Å²) in [5.74, 6) is 2.00. The number of aromatic nitrogens is 2. The summed E-state index contributed by atoms with van der Waals surface area (Å²) >= 11 is 0. The van der Waals surface area contributed by atoms with Crippen molar-refractivity contribution >= 4 is 5.82 Å². The Kier molecular flexibility index (Phi) is 4.09. The summed E-state index contributed by atoms with van der Waals surface area (Å²) in [6.07, 6.45) is 1.01. The van der Waals surface area contributed by atoms with Crippen LogP contribution in [0.25, 0.3) is 11.3 Å². The van der Waals surface area contributed by atoms with Gasteiger partial charge in [-0.25, -0.2) is 4.98 Å². The van der Waals surface area contributed by atoms with Crippen molar-refractivity contribution in [1.82, 2.24) is 9.55 Å². The fourth-order valence-electron chi connectivity index (χ4n) is 2.33. The average molecular weight is 268 g/mol. The molecule has 2 N–H and O–H groups in total. The molecular weight excluding hydrogens is 248 g/mol. The van der Waals surface area contributed by atoms with Crippen LogP contribution in [0.4, 0.5) is 5.82 Å². The third kappa shape index (κ3) is 2.53. The van der Waals surface area contributed by atoms with Crippen LogP contribution in [-0.2, 0) is 6.54 Å². The molecule has 1 aromatic heterocycles. The van der Waals surface area contributed by atoms with Gasteiger partial charge in [-0.15, -0.1) is 0 Å². The molecule has 0 spiro atoms. The van der Waals surface area contributed by atoms with Gasteiger partial charge in [-0.3, -0.25) is 0 Å². The van der Waals surface area contributed by atoms with E-state index in [-0.39, 0.29) is 0 Å². The van der Waals surface area contributed by atoms with Gasteiger partial charge in [-0.2, -0.15) is 5.26 Å². The van der Waals surface area contributed by atoms with Crippen molar-refractivity contribution in [2.24, 2.45) is 0 Å². The number of hydrogen-bond acceptors (Lipinski definition) is 3. The zero-order valence-electron chi connectivity index (χ0n) is 12.2. The lowest BCUT2D eigenvalue weighted by molar-refractivity contribution is 0.616. The first-order chi connectivity index (χ1) is 9.58. The minimum Gasteiger partial charge on any atom is -0.383 e. The van der Waals surface area contributed by atoms with Crippen LogP contribution in [-0.4, -0.2) is 9.55 Å². The van der Waals surface area contributed by atoms with E-state index in [4.69, 9.17) is 16.0 Å². The average Bonchev–Trinajstić information content (AvgIpc) is 2.77. The molecule has 0 unspecified atom stereocenters. The number of nitriles is 1. The van der Waals surface area contributed by atoms with E-state index in [0.29, 0.717) is 17.3 Å². The second-order valence-electron chi connectivity index (χ2n) is 5.20. The van der Waals surface area contributed by atoms with Gasteiger partial charge in [0.25, 0.3) is 0 Å². The topological polar surface area (TPSA) is 67.6 Å². The number of imidazole rings is 1. The Morgan fingerprint density at radius 2 is 2.15 bits per heavy atom. The molecule has 104 valence electrons. The van der Waals surface area contributed by atoms with Gasteiger partial charge in [-0.05, 0) is 18.6 Å². The smallest absolute Gasteiger partial charge is 0.131 e. The Bertz CT molecular complexity index is 647. The Labute approximate surface area is 119 Å². The Balaban J connectivity index is 2.57. The molecule has 0 saturated heterocycles. The lowest BCUT2D eigenvalue weighted by atomic mass is 10.1. The number of nitrogens with zero attached hydrogens (tertiary/aromatic N) is 3. The summed E-state index contributed by atoms with van der Waals surface area (Å²) in [5, 5.41) is 9.00. The Morgan fingerprint density at radius 3 is 2.75 bits per heavy atom. The van der Waals surface area contributed by atoms with Crippen LogP contribution in [0, 0.1) is 11.3 Å². The monoisotopic (exact) mass is 268 g/mol. The third-order valence-corrected chi connectivity index (χ3v) is 3.27. The molecule has 0 fully saturated rings. The summed E-state index contributed by atoms with van der Waals surface area (Å²) < 4.78 is 2.08. The van der Waals surface area contributed by atoms with E-state index in [1.165, 1.54) is 0 Å². The van der Waals surface area contributed by atoms with Crippen LogP contribution in [0.15, 0.2) is 24.3 Å². The van der Waals surface area contributed by atoms with Crippen LogP contribution in [0.2, 0.25) is 0 Å². The lowest BCUT2D eigenvalue weighted by Crippen LogP contribution is -2.08. The van der Waals surface area contributed by atoms with Crippen molar-refractivity contribution in [2.75, 3.05) is 5.73 Å². The first-order valence-corrected chi connectivity index (χ1v) is 6.94. The van der Waals surface area contributed by atoms with E-state index in [1.807, 2.05) is 18.2 Å². The summed E-state index contributed by atoms with van der Waals surface area (Å²) in [6.45, 7) is 7.22. The van der Waals surface area contributed by atoms with Gasteiger partial charge in [-0.1, -0.05) is 32.9 Å². The zero-order valence-corrected chi connectivity index (χ0v) is 12.2. The molecule has 0 saturated carbocycles. The molecule has 1 aromatic carbocycles. The first-order valence-electron chi connectivity index (χ1n) is 6.94. The number of nitrogens with two attached hydrogens (primary N) is 1. The molecule has 0 aliphatic heterocycles. The normalized spacial score (nSPS) is 10.8. The fraction of sp³-hybridized carbons (Fsp3) is 0.375. The minimum atomic E-state index is 0.316. The molecule has 4 heteroatoms. The van der Waals surface area contributed by atoms with Crippen molar-refractivity contribution in [2.45, 2.75) is 39.7 Å². The van der Waals surface area contributed by atoms with Crippen molar-refractivity contribution in [3.63, 3.8) is 0 Å². The molecule has 1 heterocycles. The fourth-order valence-corrected chi connectivity index (χ4v) is 2.33. The van der Waals surface area contributed by atoms with Crippen LogP contribution in [0.5, 0.6) is 0 Å². The number of rotatable bonds is 4. The lowest BCUT2D eigenvalue weighted by Gasteiger charge is -2.10. The molecule has 0 aliphatic carbocycles. The maximum Gasteiger partial charge on any atom is 0.131 e. The van der Waals surface area contributed by atoms with Crippen LogP contribution in [0.1, 0.15) is 44.5 Å². The van der Waals surface area contributed by atoms with Crippen LogP contribution < -0.4 is 5.73 Å². The first kappa shape index (κ1) is 14.1. The summed E-state index contributed by atoms with van der Waals surface area (Å²) in [4.78, 5) is 4.70. The van der Waals surface area contributed by atoms with E-state index < -0.39 is 0 Å². The van der Waals surface area contributed by atoms with Crippen molar-refractivity contribution in [3.05, 3.63) is 35.7 Å². The Morgan fingerprint density at radius 1 is 1.40 bits per heavy atom. The highest BCUT2D eigenvalue weighted by molar-refractivity contribution is 5.72. The second kappa shape index (κ2) is 5.79. The van der Waals surface area contributed by atoms with Gasteiger partial charge in [0, 0.05) is 18.0 Å².